The van der Waals surface area contributed by atoms with Gasteiger partial charge in [0.05, 0.1) is 6.61 Å². The van der Waals surface area contributed by atoms with Crippen molar-refractivity contribution in [1.29, 1.82) is 0 Å². The van der Waals surface area contributed by atoms with Crippen molar-refractivity contribution in [2.45, 2.75) is 11.4 Å². The van der Waals surface area contributed by atoms with Crippen LogP contribution in [0.2, 0.25) is 5.02 Å². The Morgan fingerprint density at radius 3 is 2.25 bits per heavy atom. The molecule has 2 N–H and O–H groups in total. The molecule has 0 atom stereocenters. The van der Waals surface area contributed by atoms with Crippen LogP contribution >= 0.6 is 23.4 Å². The van der Waals surface area contributed by atoms with Crippen LogP contribution in [-0.4, -0.2) is 24.5 Å². The summed E-state index contributed by atoms with van der Waals surface area (Å²) in [5.74, 6) is 0.782. The number of thioether (sulfide) groups is 1. The molecule has 2 aromatic carbocycles. The van der Waals surface area contributed by atoms with Crippen LogP contribution in [0.3, 0.4) is 0 Å². The molecule has 0 fully saturated rings. The number of rotatable bonds is 5. The van der Waals surface area contributed by atoms with Gasteiger partial charge in [0.15, 0.2) is 0 Å². The monoisotopic (exact) mass is 309 g/mol. The smallest absolute Gasteiger partial charge is 0.0525 e. The van der Waals surface area contributed by atoms with Crippen LogP contribution in [0.1, 0.15) is 5.56 Å². The molecule has 0 saturated carbocycles. The Balaban J connectivity index is 0.000000200. The van der Waals surface area contributed by atoms with Gasteiger partial charge in [0.2, 0.25) is 0 Å². The summed E-state index contributed by atoms with van der Waals surface area (Å²) < 4.78 is 0. The first-order valence-electron chi connectivity index (χ1n) is 6.44. The van der Waals surface area contributed by atoms with E-state index in [2.05, 4.69) is 5.32 Å². The second-order valence-corrected chi connectivity index (χ2v) is 5.65. The van der Waals surface area contributed by atoms with Crippen molar-refractivity contribution in [2.24, 2.45) is 0 Å². The maximum Gasteiger partial charge on any atom is 0.0525 e. The molecule has 0 aromatic heterocycles. The Hall–Kier alpha value is -1.00. The Labute approximate surface area is 130 Å². The van der Waals surface area contributed by atoms with E-state index in [-0.39, 0.29) is 6.61 Å². The molecule has 2 rings (SSSR count). The Kier molecular flexibility index (Phi) is 9.16. The van der Waals surface area contributed by atoms with Crippen molar-refractivity contribution in [3.8, 4) is 0 Å². The summed E-state index contributed by atoms with van der Waals surface area (Å²) in [6.07, 6.45) is 0. The molecule has 2 aromatic rings. The lowest BCUT2D eigenvalue weighted by molar-refractivity contribution is 0.322. The average molecular weight is 310 g/mol. The van der Waals surface area contributed by atoms with E-state index in [9.17, 15) is 0 Å². The number of hydrogen-bond acceptors (Lipinski definition) is 3. The minimum absolute atomic E-state index is 0.250. The molecule has 20 heavy (non-hydrogen) atoms. The van der Waals surface area contributed by atoms with Crippen molar-refractivity contribution >= 4 is 23.4 Å². The van der Waals surface area contributed by atoms with E-state index in [1.54, 1.807) is 11.8 Å². The van der Waals surface area contributed by atoms with Gasteiger partial charge in [-0.1, -0.05) is 41.9 Å². The lowest BCUT2D eigenvalue weighted by Gasteiger charge is -1.97. The van der Waals surface area contributed by atoms with Gasteiger partial charge < -0.3 is 10.4 Å². The molecule has 0 spiro atoms. The molecule has 0 aliphatic heterocycles. The van der Waals surface area contributed by atoms with E-state index in [1.165, 1.54) is 10.5 Å². The molecular weight excluding hydrogens is 290 g/mol. The predicted molar refractivity (Wildman–Crippen MR) is 88.5 cm³/mol. The van der Waals surface area contributed by atoms with Crippen LogP contribution in [-0.2, 0) is 6.54 Å². The molecular formula is C16H20ClNOS. The number of benzene rings is 2. The lowest BCUT2D eigenvalue weighted by atomic mass is 10.2. The molecule has 0 aliphatic rings. The van der Waals surface area contributed by atoms with Crippen molar-refractivity contribution in [1.82, 2.24) is 5.32 Å². The summed E-state index contributed by atoms with van der Waals surface area (Å²) in [6, 6.07) is 17.9. The summed E-state index contributed by atoms with van der Waals surface area (Å²) in [6.45, 7) is 1.15. The summed E-state index contributed by atoms with van der Waals surface area (Å²) in [7, 11) is 1.93. The third-order valence-corrected chi connectivity index (χ3v) is 3.64. The molecule has 108 valence electrons. The van der Waals surface area contributed by atoms with E-state index >= 15 is 0 Å². The number of aliphatic hydroxyl groups is 1. The largest absolute Gasteiger partial charge is 0.396 e. The van der Waals surface area contributed by atoms with Crippen LogP contribution in [0.15, 0.2) is 59.5 Å². The molecule has 0 unspecified atom stereocenters. The standard InChI is InChI=1S/C8H10ClN.C8H10OS/c1-10-6-7-2-4-8(9)5-3-7;9-6-7-10-8-4-2-1-3-5-8/h2-5,10H,6H2,1H3;1-5,9H,6-7H2. The summed E-state index contributed by atoms with van der Waals surface area (Å²) in [5.41, 5.74) is 1.26. The van der Waals surface area contributed by atoms with Crippen molar-refractivity contribution in [2.75, 3.05) is 19.4 Å². The van der Waals surface area contributed by atoms with E-state index in [0.29, 0.717) is 0 Å². The zero-order valence-corrected chi connectivity index (χ0v) is 13.1. The van der Waals surface area contributed by atoms with Gasteiger partial charge in [-0.3, -0.25) is 0 Å². The number of hydrogen-bond donors (Lipinski definition) is 2. The van der Waals surface area contributed by atoms with Crippen LogP contribution < -0.4 is 5.32 Å². The number of nitrogens with one attached hydrogen (secondary N) is 1. The summed E-state index contributed by atoms with van der Waals surface area (Å²) in [5, 5.41) is 12.4. The first-order valence-corrected chi connectivity index (χ1v) is 7.80. The molecule has 0 saturated heterocycles. The fraction of sp³-hybridized carbons (Fsp3) is 0.250. The predicted octanol–water partition coefficient (Wildman–Crippen LogP) is 3.83. The minimum Gasteiger partial charge on any atom is -0.396 e. The van der Waals surface area contributed by atoms with Crippen molar-refractivity contribution in [3.05, 3.63) is 65.2 Å². The van der Waals surface area contributed by atoms with Gasteiger partial charge in [-0.15, -0.1) is 11.8 Å². The van der Waals surface area contributed by atoms with Crippen LogP contribution in [0, 0.1) is 0 Å². The molecule has 2 nitrogen and oxygen atoms in total. The number of aliphatic hydroxyl groups excluding tert-OH is 1. The van der Waals surface area contributed by atoms with Gasteiger partial charge in [0, 0.05) is 22.2 Å². The fourth-order valence-electron chi connectivity index (χ4n) is 1.49. The van der Waals surface area contributed by atoms with Crippen LogP contribution in [0.25, 0.3) is 0 Å². The third kappa shape index (κ3) is 7.56. The summed E-state index contributed by atoms with van der Waals surface area (Å²) in [4.78, 5) is 1.22. The van der Waals surface area contributed by atoms with E-state index in [1.807, 2.05) is 61.6 Å². The van der Waals surface area contributed by atoms with Crippen LogP contribution in [0.5, 0.6) is 0 Å². The van der Waals surface area contributed by atoms with E-state index in [0.717, 1.165) is 17.3 Å². The highest BCUT2D eigenvalue weighted by Crippen LogP contribution is 2.15. The van der Waals surface area contributed by atoms with Crippen LogP contribution in [0.4, 0.5) is 0 Å². The second-order valence-electron chi connectivity index (χ2n) is 4.04. The average Bonchev–Trinajstić information content (AvgIpc) is 2.49. The van der Waals surface area contributed by atoms with Gasteiger partial charge in [-0.2, -0.15) is 0 Å². The molecule has 0 bridgehead atoms. The first-order chi connectivity index (χ1) is 9.76. The Morgan fingerprint density at radius 1 is 1.05 bits per heavy atom. The quantitative estimate of drug-likeness (QED) is 0.823. The first kappa shape index (κ1) is 17.1. The highest BCUT2D eigenvalue weighted by atomic mass is 35.5. The molecule has 0 aliphatic carbocycles. The van der Waals surface area contributed by atoms with E-state index < -0.39 is 0 Å². The fourth-order valence-corrected chi connectivity index (χ4v) is 2.29. The van der Waals surface area contributed by atoms with Gasteiger partial charge in [-0.05, 0) is 36.9 Å². The Bertz CT molecular complexity index is 462. The summed E-state index contributed by atoms with van der Waals surface area (Å²) >= 11 is 7.36. The Morgan fingerprint density at radius 2 is 1.70 bits per heavy atom. The highest BCUT2D eigenvalue weighted by molar-refractivity contribution is 7.99. The van der Waals surface area contributed by atoms with Crippen molar-refractivity contribution in [3.63, 3.8) is 0 Å². The van der Waals surface area contributed by atoms with Gasteiger partial charge >= 0.3 is 0 Å². The van der Waals surface area contributed by atoms with E-state index in [4.69, 9.17) is 16.7 Å². The SMILES string of the molecule is CNCc1ccc(Cl)cc1.OCCSc1ccccc1. The second kappa shape index (κ2) is 10.7. The maximum absolute atomic E-state index is 8.51. The topological polar surface area (TPSA) is 32.3 Å². The number of halogens is 1. The third-order valence-electron chi connectivity index (χ3n) is 2.40. The molecule has 0 radical (unpaired) electrons. The molecule has 0 heterocycles. The highest BCUT2D eigenvalue weighted by Gasteiger charge is 1.89. The van der Waals surface area contributed by atoms with Gasteiger partial charge in [0.1, 0.15) is 0 Å². The lowest BCUT2D eigenvalue weighted by Crippen LogP contribution is -2.04. The van der Waals surface area contributed by atoms with Gasteiger partial charge in [-0.25, -0.2) is 0 Å². The minimum atomic E-state index is 0.250. The molecule has 0 amide bonds. The van der Waals surface area contributed by atoms with Gasteiger partial charge in [0.25, 0.3) is 0 Å². The molecule has 4 heteroatoms. The zero-order chi connectivity index (χ0) is 14.6. The zero-order valence-electron chi connectivity index (χ0n) is 11.6. The normalized spacial score (nSPS) is 9.75. The van der Waals surface area contributed by atoms with Crippen molar-refractivity contribution < 1.29 is 5.11 Å². The maximum atomic E-state index is 8.51.